The standard InChI is InChI=1S/C9H16N4O4S/c1-7-10-8(12-11-7)6-13(2)18(16,17)5-3-4-9(14)15/h3-6H2,1-2H3,(H,14,15)(H,10,11,12). The lowest BCUT2D eigenvalue weighted by Crippen LogP contribution is -2.29. The van der Waals surface area contributed by atoms with Crippen LogP contribution in [-0.4, -0.2) is 51.8 Å². The van der Waals surface area contributed by atoms with Crippen LogP contribution in [0.3, 0.4) is 0 Å². The van der Waals surface area contributed by atoms with Gasteiger partial charge in [0.15, 0.2) is 5.82 Å². The first-order valence-corrected chi connectivity index (χ1v) is 6.96. The molecule has 0 aliphatic heterocycles. The van der Waals surface area contributed by atoms with Crippen molar-refractivity contribution in [3.63, 3.8) is 0 Å². The Kier molecular flexibility index (Phi) is 4.79. The molecule has 0 amide bonds. The lowest BCUT2D eigenvalue weighted by Gasteiger charge is -2.14. The number of carboxylic acids is 1. The lowest BCUT2D eigenvalue weighted by molar-refractivity contribution is -0.137. The van der Waals surface area contributed by atoms with Crippen LogP contribution in [0.5, 0.6) is 0 Å². The van der Waals surface area contributed by atoms with Crippen LogP contribution in [-0.2, 0) is 21.4 Å². The minimum atomic E-state index is -3.47. The molecule has 0 radical (unpaired) electrons. The zero-order valence-electron chi connectivity index (χ0n) is 10.3. The number of aromatic nitrogens is 3. The highest BCUT2D eigenvalue weighted by Gasteiger charge is 2.19. The van der Waals surface area contributed by atoms with Crippen LogP contribution in [0.1, 0.15) is 24.5 Å². The molecule has 9 heteroatoms. The number of H-pyrrole nitrogens is 1. The normalized spacial score (nSPS) is 11.9. The number of aliphatic carboxylic acids is 1. The first kappa shape index (κ1) is 14.6. The minimum absolute atomic E-state index is 0.0692. The Labute approximate surface area is 105 Å². The van der Waals surface area contributed by atoms with Crippen molar-refractivity contribution in [3.05, 3.63) is 11.6 Å². The van der Waals surface area contributed by atoms with E-state index in [2.05, 4.69) is 15.2 Å². The molecular formula is C9H16N4O4S. The number of hydrogen-bond donors (Lipinski definition) is 2. The van der Waals surface area contributed by atoms with E-state index in [-0.39, 0.29) is 25.1 Å². The third kappa shape index (κ3) is 4.41. The van der Waals surface area contributed by atoms with Gasteiger partial charge < -0.3 is 5.11 Å². The summed E-state index contributed by atoms with van der Waals surface area (Å²) in [7, 11) is -2.05. The van der Waals surface area contributed by atoms with E-state index in [4.69, 9.17) is 5.11 Å². The van der Waals surface area contributed by atoms with Crippen molar-refractivity contribution in [2.45, 2.75) is 26.3 Å². The molecule has 1 heterocycles. The molecular weight excluding hydrogens is 260 g/mol. The number of aryl methyl sites for hydroxylation is 1. The highest BCUT2D eigenvalue weighted by atomic mass is 32.2. The number of nitrogens with one attached hydrogen (secondary N) is 1. The monoisotopic (exact) mass is 276 g/mol. The second-order valence-corrected chi connectivity index (χ2v) is 6.10. The van der Waals surface area contributed by atoms with E-state index >= 15 is 0 Å². The van der Waals surface area contributed by atoms with Crippen LogP contribution in [0.2, 0.25) is 0 Å². The summed E-state index contributed by atoms with van der Waals surface area (Å²) < 4.78 is 24.7. The van der Waals surface area contributed by atoms with Crippen molar-refractivity contribution in [1.29, 1.82) is 0 Å². The SMILES string of the molecule is Cc1nc(CN(C)S(=O)(=O)CCCC(=O)O)n[nH]1. The van der Waals surface area contributed by atoms with Crippen LogP contribution in [0.25, 0.3) is 0 Å². The summed E-state index contributed by atoms with van der Waals surface area (Å²) in [6.07, 6.45) is -0.0676. The Morgan fingerprint density at radius 2 is 2.17 bits per heavy atom. The quantitative estimate of drug-likeness (QED) is 0.708. The van der Waals surface area contributed by atoms with Crippen LogP contribution >= 0.6 is 0 Å². The molecule has 0 spiro atoms. The molecule has 8 nitrogen and oxygen atoms in total. The topological polar surface area (TPSA) is 116 Å². The van der Waals surface area contributed by atoms with Crippen LogP contribution in [0, 0.1) is 6.92 Å². The van der Waals surface area contributed by atoms with Crippen molar-refractivity contribution < 1.29 is 18.3 Å². The highest BCUT2D eigenvalue weighted by molar-refractivity contribution is 7.89. The Hall–Kier alpha value is -1.48. The Morgan fingerprint density at radius 3 is 2.67 bits per heavy atom. The highest BCUT2D eigenvalue weighted by Crippen LogP contribution is 2.06. The molecule has 1 aromatic heterocycles. The second-order valence-electron chi connectivity index (χ2n) is 3.91. The van der Waals surface area contributed by atoms with Gasteiger partial charge in [-0.2, -0.15) is 9.40 Å². The molecule has 0 fully saturated rings. The van der Waals surface area contributed by atoms with Gasteiger partial charge in [0.2, 0.25) is 10.0 Å². The van der Waals surface area contributed by atoms with Gasteiger partial charge in [-0.15, -0.1) is 0 Å². The van der Waals surface area contributed by atoms with E-state index in [0.717, 1.165) is 4.31 Å². The fraction of sp³-hybridized carbons (Fsp3) is 0.667. The molecule has 102 valence electrons. The van der Waals surface area contributed by atoms with E-state index in [1.165, 1.54) is 7.05 Å². The van der Waals surface area contributed by atoms with Gasteiger partial charge in [0, 0.05) is 13.5 Å². The van der Waals surface area contributed by atoms with Gasteiger partial charge in [0.05, 0.1) is 12.3 Å². The third-order valence-electron chi connectivity index (χ3n) is 2.28. The van der Waals surface area contributed by atoms with Gasteiger partial charge >= 0.3 is 5.97 Å². The summed E-state index contributed by atoms with van der Waals surface area (Å²) in [6.45, 7) is 1.79. The number of sulfonamides is 1. The molecule has 0 atom stereocenters. The Bertz CT molecular complexity index is 510. The van der Waals surface area contributed by atoms with Crippen molar-refractivity contribution in [3.8, 4) is 0 Å². The summed E-state index contributed by atoms with van der Waals surface area (Å²) in [6, 6.07) is 0. The molecule has 0 unspecified atom stereocenters. The van der Waals surface area contributed by atoms with Crippen LogP contribution < -0.4 is 0 Å². The number of hydrogen-bond acceptors (Lipinski definition) is 5. The maximum Gasteiger partial charge on any atom is 0.303 e. The largest absolute Gasteiger partial charge is 0.481 e. The fourth-order valence-electron chi connectivity index (χ4n) is 1.32. The molecule has 1 aromatic rings. The smallest absolute Gasteiger partial charge is 0.303 e. The van der Waals surface area contributed by atoms with E-state index in [0.29, 0.717) is 11.6 Å². The number of nitrogens with zero attached hydrogens (tertiary/aromatic N) is 3. The Morgan fingerprint density at radius 1 is 1.50 bits per heavy atom. The van der Waals surface area contributed by atoms with Gasteiger partial charge in [-0.05, 0) is 13.3 Å². The zero-order valence-corrected chi connectivity index (χ0v) is 11.1. The van der Waals surface area contributed by atoms with E-state index < -0.39 is 16.0 Å². The molecule has 1 rings (SSSR count). The maximum absolute atomic E-state index is 11.8. The molecule has 0 saturated heterocycles. The number of carboxylic acid groups (broad SMARTS) is 1. The zero-order chi connectivity index (χ0) is 13.8. The molecule has 0 bridgehead atoms. The van der Waals surface area contributed by atoms with Crippen LogP contribution in [0.15, 0.2) is 0 Å². The van der Waals surface area contributed by atoms with Gasteiger partial charge in [-0.25, -0.2) is 13.4 Å². The Balaban J connectivity index is 2.53. The minimum Gasteiger partial charge on any atom is -0.481 e. The molecule has 0 aliphatic carbocycles. The van der Waals surface area contributed by atoms with Gasteiger partial charge in [0.25, 0.3) is 0 Å². The average molecular weight is 276 g/mol. The predicted octanol–water partition coefficient (Wildman–Crippen LogP) is -0.260. The summed E-state index contributed by atoms with van der Waals surface area (Å²) in [5, 5.41) is 14.9. The first-order valence-electron chi connectivity index (χ1n) is 5.35. The number of carbonyl (C=O) groups is 1. The summed E-state index contributed by atoms with van der Waals surface area (Å²) in [4.78, 5) is 14.3. The van der Waals surface area contributed by atoms with Crippen molar-refractivity contribution >= 4 is 16.0 Å². The van der Waals surface area contributed by atoms with E-state index in [1.807, 2.05) is 0 Å². The van der Waals surface area contributed by atoms with Gasteiger partial charge in [-0.3, -0.25) is 9.89 Å². The van der Waals surface area contributed by atoms with Crippen LogP contribution in [0.4, 0.5) is 0 Å². The number of rotatable bonds is 7. The molecule has 2 N–H and O–H groups in total. The summed E-state index contributed by atoms with van der Waals surface area (Å²) >= 11 is 0. The summed E-state index contributed by atoms with van der Waals surface area (Å²) in [5.41, 5.74) is 0. The maximum atomic E-state index is 11.8. The van der Waals surface area contributed by atoms with Crippen molar-refractivity contribution in [2.75, 3.05) is 12.8 Å². The van der Waals surface area contributed by atoms with Crippen molar-refractivity contribution in [2.24, 2.45) is 0 Å². The molecule has 18 heavy (non-hydrogen) atoms. The van der Waals surface area contributed by atoms with Gasteiger partial charge in [-0.1, -0.05) is 0 Å². The predicted molar refractivity (Wildman–Crippen MR) is 63.2 cm³/mol. The summed E-state index contributed by atoms with van der Waals surface area (Å²) in [5.74, 6) is -0.199. The third-order valence-corrected chi connectivity index (χ3v) is 4.16. The molecule has 0 aromatic carbocycles. The molecule has 0 aliphatic rings. The first-order chi connectivity index (χ1) is 8.31. The van der Waals surface area contributed by atoms with E-state index in [9.17, 15) is 13.2 Å². The average Bonchev–Trinajstić information content (AvgIpc) is 2.63. The fourth-order valence-corrected chi connectivity index (χ4v) is 2.45. The van der Waals surface area contributed by atoms with E-state index in [1.54, 1.807) is 6.92 Å². The second kappa shape index (κ2) is 5.91. The van der Waals surface area contributed by atoms with Gasteiger partial charge in [0.1, 0.15) is 5.82 Å². The lowest BCUT2D eigenvalue weighted by atomic mass is 10.3. The van der Waals surface area contributed by atoms with Crippen molar-refractivity contribution in [1.82, 2.24) is 19.5 Å². The number of aromatic amines is 1. The molecule has 0 saturated carbocycles.